The van der Waals surface area contributed by atoms with E-state index in [1.165, 1.54) is 0 Å². The summed E-state index contributed by atoms with van der Waals surface area (Å²) in [5, 5.41) is 8.97. The minimum absolute atomic E-state index is 0.0349. The molecular formula is C27H24N4O2S. The molecule has 4 aromatic rings. The van der Waals surface area contributed by atoms with E-state index in [0.717, 1.165) is 40.1 Å². The predicted molar refractivity (Wildman–Crippen MR) is 134 cm³/mol. The Kier molecular flexibility index (Phi) is 6.24. The van der Waals surface area contributed by atoms with E-state index in [1.54, 1.807) is 11.8 Å². The minimum Gasteiger partial charge on any atom is -0.338 e. The molecule has 1 fully saturated rings. The standard InChI is InChI=1S/C27H24N4O2S/c28-17-19-9-11-20(12-10-19)18-34-25-8-4-1-5-22(25)26(32)30-15-13-21(14-16-30)31-24-7-3-2-6-23(24)29-27(31)33/h1-12,21H,13-16,18H2,(H,29,33). The number of piperidine rings is 1. The average molecular weight is 469 g/mol. The van der Waals surface area contributed by atoms with Crippen molar-refractivity contribution >= 4 is 28.7 Å². The van der Waals surface area contributed by atoms with Crippen LogP contribution in [0.15, 0.2) is 82.5 Å². The zero-order valence-corrected chi connectivity index (χ0v) is 19.4. The number of carbonyl (C=O) groups is 1. The first-order chi connectivity index (χ1) is 16.6. The van der Waals surface area contributed by atoms with Gasteiger partial charge in [0.25, 0.3) is 5.91 Å². The molecule has 0 saturated carbocycles. The number of thioether (sulfide) groups is 1. The Morgan fingerprint density at radius 3 is 2.47 bits per heavy atom. The van der Waals surface area contributed by atoms with E-state index < -0.39 is 0 Å². The summed E-state index contributed by atoms with van der Waals surface area (Å²) < 4.78 is 1.85. The summed E-state index contributed by atoms with van der Waals surface area (Å²) >= 11 is 1.63. The second kappa shape index (κ2) is 9.62. The highest BCUT2D eigenvalue weighted by Crippen LogP contribution is 2.30. The summed E-state index contributed by atoms with van der Waals surface area (Å²) in [6, 6.07) is 25.2. The maximum atomic E-state index is 13.4. The highest BCUT2D eigenvalue weighted by Gasteiger charge is 2.27. The molecule has 0 spiro atoms. The third-order valence-corrected chi connectivity index (χ3v) is 7.48. The van der Waals surface area contributed by atoms with Crippen molar-refractivity contribution in [2.75, 3.05) is 13.1 Å². The van der Waals surface area contributed by atoms with Crippen LogP contribution < -0.4 is 5.69 Å². The number of aromatic amines is 1. The van der Waals surface area contributed by atoms with Gasteiger partial charge >= 0.3 is 5.69 Å². The first-order valence-corrected chi connectivity index (χ1v) is 12.3. The number of aromatic nitrogens is 2. The fourth-order valence-electron chi connectivity index (χ4n) is 4.54. The van der Waals surface area contributed by atoms with Gasteiger partial charge in [0.1, 0.15) is 0 Å². The van der Waals surface area contributed by atoms with Crippen molar-refractivity contribution in [3.8, 4) is 6.07 Å². The van der Waals surface area contributed by atoms with Gasteiger partial charge in [-0.05, 0) is 54.8 Å². The number of likely N-dealkylation sites (tertiary alicyclic amines) is 1. The molecule has 0 unspecified atom stereocenters. The van der Waals surface area contributed by atoms with Crippen molar-refractivity contribution < 1.29 is 4.79 Å². The Morgan fingerprint density at radius 1 is 1.00 bits per heavy atom. The van der Waals surface area contributed by atoms with Crippen LogP contribution in [-0.4, -0.2) is 33.4 Å². The molecule has 3 aromatic carbocycles. The molecule has 1 amide bonds. The molecule has 34 heavy (non-hydrogen) atoms. The Hall–Kier alpha value is -3.76. The lowest BCUT2D eigenvalue weighted by molar-refractivity contribution is 0.0691. The third kappa shape index (κ3) is 4.37. The van der Waals surface area contributed by atoms with Crippen LogP contribution in [0.25, 0.3) is 11.0 Å². The number of nitrogens with one attached hydrogen (secondary N) is 1. The normalized spacial score (nSPS) is 14.3. The summed E-state index contributed by atoms with van der Waals surface area (Å²) in [6.45, 7) is 1.23. The number of imidazole rings is 1. The number of rotatable bonds is 5. The molecular weight excluding hydrogens is 444 g/mol. The van der Waals surface area contributed by atoms with Crippen LogP contribution in [0.4, 0.5) is 0 Å². The van der Waals surface area contributed by atoms with Crippen LogP contribution in [0.3, 0.4) is 0 Å². The maximum Gasteiger partial charge on any atom is 0.326 e. The lowest BCUT2D eigenvalue weighted by atomic mass is 10.0. The van der Waals surface area contributed by atoms with E-state index in [4.69, 9.17) is 5.26 Å². The number of benzene rings is 3. The molecule has 1 aliphatic rings. The van der Waals surface area contributed by atoms with Crippen LogP contribution >= 0.6 is 11.8 Å². The number of H-pyrrole nitrogens is 1. The number of nitriles is 1. The van der Waals surface area contributed by atoms with Crippen LogP contribution in [0.1, 0.15) is 40.4 Å². The van der Waals surface area contributed by atoms with Gasteiger partial charge in [0.2, 0.25) is 0 Å². The van der Waals surface area contributed by atoms with Gasteiger partial charge in [-0.1, -0.05) is 36.4 Å². The molecule has 0 aliphatic carbocycles. The van der Waals surface area contributed by atoms with Crippen molar-refractivity contribution in [1.29, 1.82) is 5.26 Å². The minimum atomic E-state index is -0.0875. The molecule has 7 heteroatoms. The largest absolute Gasteiger partial charge is 0.338 e. The van der Waals surface area contributed by atoms with Gasteiger partial charge in [0.15, 0.2) is 0 Å². The van der Waals surface area contributed by atoms with Crippen LogP contribution in [0, 0.1) is 11.3 Å². The van der Waals surface area contributed by atoms with E-state index >= 15 is 0 Å². The molecule has 2 heterocycles. The average Bonchev–Trinajstić information content (AvgIpc) is 3.23. The van der Waals surface area contributed by atoms with E-state index in [9.17, 15) is 9.59 Å². The molecule has 0 bridgehead atoms. The number of nitrogens with zero attached hydrogens (tertiary/aromatic N) is 3. The molecule has 6 nitrogen and oxygen atoms in total. The predicted octanol–water partition coefficient (Wildman–Crippen LogP) is 4.97. The van der Waals surface area contributed by atoms with E-state index in [1.807, 2.05) is 82.3 Å². The van der Waals surface area contributed by atoms with E-state index in [2.05, 4.69) is 11.1 Å². The Morgan fingerprint density at radius 2 is 1.71 bits per heavy atom. The highest BCUT2D eigenvalue weighted by molar-refractivity contribution is 7.98. The van der Waals surface area contributed by atoms with Gasteiger partial charge in [-0.2, -0.15) is 5.26 Å². The van der Waals surface area contributed by atoms with Crippen molar-refractivity contribution in [2.24, 2.45) is 0 Å². The smallest absolute Gasteiger partial charge is 0.326 e. The summed E-state index contributed by atoms with van der Waals surface area (Å²) in [7, 11) is 0. The SMILES string of the molecule is N#Cc1ccc(CSc2ccccc2C(=O)N2CCC(n3c(=O)[nH]c4ccccc43)CC2)cc1. The molecule has 170 valence electrons. The third-order valence-electron chi connectivity index (χ3n) is 6.34. The number of carbonyl (C=O) groups excluding carboxylic acids is 1. The number of hydrogen-bond acceptors (Lipinski definition) is 4. The fourth-order valence-corrected chi connectivity index (χ4v) is 5.54. The van der Waals surface area contributed by atoms with E-state index in [-0.39, 0.29) is 17.6 Å². The summed E-state index contributed by atoms with van der Waals surface area (Å²) in [5.74, 6) is 0.759. The highest BCUT2D eigenvalue weighted by atomic mass is 32.2. The topological polar surface area (TPSA) is 81.9 Å². The molecule has 1 aromatic heterocycles. The molecule has 0 radical (unpaired) electrons. The maximum absolute atomic E-state index is 13.4. The van der Waals surface area contributed by atoms with E-state index in [0.29, 0.717) is 24.2 Å². The first-order valence-electron chi connectivity index (χ1n) is 11.3. The summed E-state index contributed by atoms with van der Waals surface area (Å²) in [6.07, 6.45) is 1.49. The lowest BCUT2D eigenvalue weighted by Gasteiger charge is -2.33. The number of amides is 1. The Labute approximate surface area is 201 Å². The van der Waals surface area contributed by atoms with Crippen molar-refractivity contribution in [3.05, 3.63) is 100.0 Å². The summed E-state index contributed by atoms with van der Waals surface area (Å²) in [5.41, 5.74) is 4.14. The van der Waals surface area contributed by atoms with Gasteiger partial charge in [0, 0.05) is 29.8 Å². The lowest BCUT2D eigenvalue weighted by Crippen LogP contribution is -2.40. The van der Waals surface area contributed by atoms with Crippen LogP contribution in [0.5, 0.6) is 0 Å². The monoisotopic (exact) mass is 468 g/mol. The molecule has 0 atom stereocenters. The molecule has 5 rings (SSSR count). The van der Waals surface area contributed by atoms with Gasteiger partial charge < -0.3 is 9.88 Å². The first kappa shape index (κ1) is 22.1. The van der Waals surface area contributed by atoms with Gasteiger partial charge in [-0.15, -0.1) is 11.8 Å². The number of fused-ring (bicyclic) bond motifs is 1. The van der Waals surface area contributed by atoms with Crippen molar-refractivity contribution in [2.45, 2.75) is 29.5 Å². The summed E-state index contributed by atoms with van der Waals surface area (Å²) in [4.78, 5) is 31.7. The fraction of sp³-hybridized carbons (Fsp3) is 0.222. The molecule has 1 saturated heterocycles. The second-order valence-corrected chi connectivity index (χ2v) is 9.45. The molecule has 1 N–H and O–H groups in total. The van der Waals surface area contributed by atoms with Crippen molar-refractivity contribution in [3.63, 3.8) is 0 Å². The Balaban J connectivity index is 1.27. The zero-order chi connectivity index (χ0) is 23.5. The number of para-hydroxylation sites is 2. The molecule has 1 aliphatic heterocycles. The quantitative estimate of drug-likeness (QED) is 0.419. The van der Waals surface area contributed by atoms with Gasteiger partial charge in [-0.3, -0.25) is 9.36 Å². The number of hydrogen-bond donors (Lipinski definition) is 1. The van der Waals surface area contributed by atoms with Crippen LogP contribution in [-0.2, 0) is 5.75 Å². The second-order valence-electron chi connectivity index (χ2n) is 8.43. The van der Waals surface area contributed by atoms with Crippen LogP contribution in [0.2, 0.25) is 0 Å². The zero-order valence-electron chi connectivity index (χ0n) is 18.6. The Bertz CT molecular complexity index is 1420. The van der Waals surface area contributed by atoms with Crippen molar-refractivity contribution in [1.82, 2.24) is 14.5 Å². The van der Waals surface area contributed by atoms with Gasteiger partial charge in [-0.25, -0.2) is 4.79 Å². The van der Waals surface area contributed by atoms with Gasteiger partial charge in [0.05, 0.1) is 28.2 Å².